The Hall–Kier alpha value is -2.37. The Morgan fingerprint density at radius 3 is 2.56 bits per heavy atom. The van der Waals surface area contributed by atoms with Crippen LogP contribution in [0.15, 0.2) is 42.5 Å². The van der Waals surface area contributed by atoms with Gasteiger partial charge in [0, 0.05) is 30.8 Å². The average molecular weight is 491 g/mol. The number of benzene rings is 2. The minimum Gasteiger partial charge on any atom is -0.491 e. The number of ether oxygens (including phenoxy) is 2. The van der Waals surface area contributed by atoms with Crippen molar-refractivity contribution in [3.05, 3.63) is 64.7 Å². The molecule has 0 bridgehead atoms. The summed E-state index contributed by atoms with van der Waals surface area (Å²) in [4.78, 5) is 12.9. The molecule has 5 heteroatoms. The number of amides is 1. The molecule has 0 unspecified atom stereocenters. The molecule has 0 spiro atoms. The van der Waals surface area contributed by atoms with E-state index >= 15 is 0 Å². The molecule has 0 aromatic heterocycles. The zero-order chi connectivity index (χ0) is 25.0. The fourth-order valence-electron chi connectivity index (χ4n) is 5.84. The van der Waals surface area contributed by atoms with Crippen LogP contribution >= 0.6 is 0 Å². The molecule has 2 atom stereocenters. The fourth-order valence-corrected chi connectivity index (χ4v) is 5.84. The minimum atomic E-state index is -0.00870. The van der Waals surface area contributed by atoms with Crippen molar-refractivity contribution in [2.24, 2.45) is 5.41 Å². The van der Waals surface area contributed by atoms with E-state index in [1.54, 1.807) is 0 Å². The molecule has 2 N–H and O–H groups in total. The van der Waals surface area contributed by atoms with Gasteiger partial charge < -0.3 is 20.1 Å². The lowest BCUT2D eigenvalue weighted by Gasteiger charge is -2.34. The van der Waals surface area contributed by atoms with Crippen LogP contribution in [0.5, 0.6) is 5.75 Å². The first-order valence-corrected chi connectivity index (χ1v) is 13.9. The molecule has 5 rings (SSSR count). The van der Waals surface area contributed by atoms with Gasteiger partial charge in [0.25, 0.3) is 5.91 Å². The second-order valence-electron chi connectivity index (χ2n) is 11.8. The molecule has 5 nitrogen and oxygen atoms in total. The maximum atomic E-state index is 12.9. The number of rotatable bonds is 8. The van der Waals surface area contributed by atoms with Crippen molar-refractivity contribution >= 4 is 5.91 Å². The molecule has 2 aliphatic carbocycles. The number of hydrogen-bond donors (Lipinski definition) is 2. The van der Waals surface area contributed by atoms with Gasteiger partial charge in [0.2, 0.25) is 0 Å². The van der Waals surface area contributed by atoms with Gasteiger partial charge in [-0.15, -0.1) is 0 Å². The van der Waals surface area contributed by atoms with Crippen LogP contribution in [0.4, 0.5) is 0 Å². The van der Waals surface area contributed by atoms with Gasteiger partial charge in [0.05, 0.1) is 6.10 Å². The third-order valence-electron chi connectivity index (χ3n) is 8.34. The first-order valence-electron chi connectivity index (χ1n) is 13.9. The largest absolute Gasteiger partial charge is 0.491 e. The van der Waals surface area contributed by atoms with E-state index in [2.05, 4.69) is 42.7 Å². The SMILES string of the molecule is CC1(C)CCC(NCc2ccc3c(c2)CC[C@H](NC(=O)c2ccc(OC[C@@H]4CCCO4)cc2)C3)CC1. The first kappa shape index (κ1) is 25.3. The summed E-state index contributed by atoms with van der Waals surface area (Å²) in [6.07, 6.45) is 10.4. The van der Waals surface area contributed by atoms with Crippen molar-refractivity contribution in [1.82, 2.24) is 10.6 Å². The normalized spacial score (nSPS) is 23.7. The molecule has 1 aliphatic heterocycles. The molecule has 3 aliphatic rings. The Labute approximate surface area is 216 Å². The Bertz CT molecular complexity index is 1020. The average Bonchev–Trinajstić information content (AvgIpc) is 3.41. The summed E-state index contributed by atoms with van der Waals surface area (Å²) < 4.78 is 11.4. The molecule has 36 heavy (non-hydrogen) atoms. The minimum absolute atomic E-state index is 0.00870. The van der Waals surface area contributed by atoms with E-state index in [0.29, 0.717) is 23.6 Å². The van der Waals surface area contributed by atoms with Crippen LogP contribution in [-0.4, -0.2) is 37.3 Å². The van der Waals surface area contributed by atoms with E-state index in [0.717, 1.165) is 51.0 Å². The molecule has 1 heterocycles. The van der Waals surface area contributed by atoms with Crippen LogP contribution in [-0.2, 0) is 24.1 Å². The highest BCUT2D eigenvalue weighted by Crippen LogP contribution is 2.35. The van der Waals surface area contributed by atoms with E-state index < -0.39 is 0 Å². The molecule has 0 radical (unpaired) electrons. The maximum absolute atomic E-state index is 12.9. The summed E-state index contributed by atoms with van der Waals surface area (Å²) in [5, 5.41) is 7.04. The smallest absolute Gasteiger partial charge is 0.251 e. The fraction of sp³-hybridized carbons (Fsp3) is 0.581. The van der Waals surface area contributed by atoms with E-state index in [9.17, 15) is 4.79 Å². The molecule has 2 aromatic rings. The summed E-state index contributed by atoms with van der Waals surface area (Å²) in [5.74, 6) is 0.775. The van der Waals surface area contributed by atoms with Crippen LogP contribution in [0.2, 0.25) is 0 Å². The molecule has 1 saturated carbocycles. The first-order chi connectivity index (χ1) is 17.4. The zero-order valence-electron chi connectivity index (χ0n) is 22.0. The number of nitrogens with one attached hydrogen (secondary N) is 2. The van der Waals surface area contributed by atoms with Crippen molar-refractivity contribution < 1.29 is 14.3 Å². The van der Waals surface area contributed by atoms with Gasteiger partial charge in [0.15, 0.2) is 0 Å². The lowest BCUT2D eigenvalue weighted by Crippen LogP contribution is -2.39. The molecule has 194 valence electrons. The topological polar surface area (TPSA) is 59.6 Å². The Kier molecular flexibility index (Phi) is 7.97. The van der Waals surface area contributed by atoms with Crippen molar-refractivity contribution in [3.8, 4) is 5.75 Å². The van der Waals surface area contributed by atoms with Gasteiger partial charge in [0.1, 0.15) is 12.4 Å². The van der Waals surface area contributed by atoms with Gasteiger partial charge in [-0.2, -0.15) is 0 Å². The number of carbonyl (C=O) groups excluding carboxylic acids is 1. The van der Waals surface area contributed by atoms with Crippen LogP contribution in [0.3, 0.4) is 0 Å². The predicted molar refractivity (Wildman–Crippen MR) is 144 cm³/mol. The Morgan fingerprint density at radius 1 is 1.00 bits per heavy atom. The molecule has 1 saturated heterocycles. The Balaban J connectivity index is 1.08. The molecular formula is C31H42N2O3. The lowest BCUT2D eigenvalue weighted by molar-refractivity contribution is 0.0679. The number of carbonyl (C=O) groups is 1. The number of aryl methyl sites for hydroxylation is 1. The van der Waals surface area contributed by atoms with Crippen LogP contribution in [0, 0.1) is 5.41 Å². The Morgan fingerprint density at radius 2 is 1.81 bits per heavy atom. The standard InChI is InChI=1S/C31H42N2O3/c1-31(2)15-13-26(14-16-31)32-20-22-5-6-25-19-27(10-7-24(25)18-22)33-30(34)23-8-11-28(12-9-23)36-21-29-4-3-17-35-29/h5-6,8-9,11-12,18,26-27,29,32H,3-4,7,10,13-17,19-21H2,1-2H3,(H,33,34)/t27-,29-/m0/s1. The monoisotopic (exact) mass is 490 g/mol. The van der Waals surface area contributed by atoms with Crippen LogP contribution in [0.1, 0.15) is 85.8 Å². The highest BCUT2D eigenvalue weighted by atomic mass is 16.5. The van der Waals surface area contributed by atoms with Crippen molar-refractivity contribution in [2.75, 3.05) is 13.2 Å². The van der Waals surface area contributed by atoms with Gasteiger partial charge in [-0.1, -0.05) is 32.0 Å². The molecule has 2 fully saturated rings. The van der Waals surface area contributed by atoms with Crippen molar-refractivity contribution in [3.63, 3.8) is 0 Å². The summed E-state index contributed by atoms with van der Waals surface area (Å²) in [7, 11) is 0. The van der Waals surface area contributed by atoms with Crippen LogP contribution in [0.25, 0.3) is 0 Å². The van der Waals surface area contributed by atoms with E-state index in [-0.39, 0.29) is 18.1 Å². The van der Waals surface area contributed by atoms with E-state index in [4.69, 9.17) is 9.47 Å². The van der Waals surface area contributed by atoms with E-state index in [1.807, 2.05) is 24.3 Å². The van der Waals surface area contributed by atoms with Crippen molar-refractivity contribution in [2.45, 2.75) is 96.4 Å². The van der Waals surface area contributed by atoms with Crippen molar-refractivity contribution in [1.29, 1.82) is 0 Å². The molecule has 1 amide bonds. The van der Waals surface area contributed by atoms with Gasteiger partial charge in [-0.3, -0.25) is 4.79 Å². The molecular weight excluding hydrogens is 448 g/mol. The summed E-state index contributed by atoms with van der Waals surface area (Å²) in [6, 6.07) is 15.2. The van der Waals surface area contributed by atoms with Crippen LogP contribution < -0.4 is 15.4 Å². The third-order valence-corrected chi connectivity index (χ3v) is 8.34. The zero-order valence-corrected chi connectivity index (χ0v) is 22.0. The second kappa shape index (κ2) is 11.4. The van der Waals surface area contributed by atoms with Gasteiger partial charge in [-0.25, -0.2) is 0 Å². The number of hydrogen-bond acceptors (Lipinski definition) is 4. The predicted octanol–water partition coefficient (Wildman–Crippen LogP) is 5.59. The molecule has 2 aromatic carbocycles. The third kappa shape index (κ3) is 6.68. The highest BCUT2D eigenvalue weighted by Gasteiger charge is 2.26. The number of fused-ring (bicyclic) bond motifs is 1. The van der Waals surface area contributed by atoms with Gasteiger partial charge in [-0.05, 0) is 104 Å². The lowest BCUT2D eigenvalue weighted by atomic mass is 9.75. The quantitative estimate of drug-likeness (QED) is 0.506. The van der Waals surface area contributed by atoms with E-state index in [1.165, 1.54) is 42.4 Å². The second-order valence-corrected chi connectivity index (χ2v) is 11.8. The van der Waals surface area contributed by atoms with Gasteiger partial charge >= 0.3 is 0 Å². The summed E-state index contributed by atoms with van der Waals surface area (Å²) >= 11 is 0. The summed E-state index contributed by atoms with van der Waals surface area (Å²) in [6.45, 7) is 7.13. The highest BCUT2D eigenvalue weighted by molar-refractivity contribution is 5.94. The summed E-state index contributed by atoms with van der Waals surface area (Å²) in [5.41, 5.74) is 5.38. The maximum Gasteiger partial charge on any atom is 0.251 e.